The Morgan fingerprint density at radius 3 is 2.94 bits per heavy atom. The van der Waals surface area contributed by atoms with Gasteiger partial charge in [0.15, 0.2) is 11.6 Å². The van der Waals surface area contributed by atoms with E-state index in [1.54, 1.807) is 0 Å². The highest BCUT2D eigenvalue weighted by Gasteiger charge is 2.25. The second-order valence-corrected chi connectivity index (χ2v) is 3.69. The van der Waals surface area contributed by atoms with Gasteiger partial charge < -0.3 is 10.1 Å². The fraction of sp³-hybridized carbons (Fsp3) is 0.364. The Labute approximate surface area is 91.4 Å². The van der Waals surface area contributed by atoms with Gasteiger partial charge in [0, 0.05) is 12.6 Å². The van der Waals surface area contributed by atoms with Gasteiger partial charge in [0.05, 0.1) is 5.92 Å². The normalized spacial score (nSPS) is 19.8. The van der Waals surface area contributed by atoms with E-state index in [1.165, 1.54) is 0 Å². The van der Waals surface area contributed by atoms with Gasteiger partial charge in [-0.15, -0.1) is 0 Å². The lowest BCUT2D eigenvalue weighted by atomic mass is 10.1. The molecule has 1 atom stereocenters. The van der Waals surface area contributed by atoms with Gasteiger partial charge in [0.1, 0.15) is 5.82 Å². The molecular weight excluding hydrogens is 216 g/mol. The molecule has 1 aliphatic rings. The zero-order valence-electron chi connectivity index (χ0n) is 8.50. The largest absolute Gasteiger partial charge is 0.423 e. The van der Waals surface area contributed by atoms with Crippen LogP contribution >= 0.6 is 0 Å². The van der Waals surface area contributed by atoms with Crippen LogP contribution in [0.15, 0.2) is 18.2 Å². The van der Waals surface area contributed by atoms with Crippen LogP contribution in [-0.4, -0.2) is 19.1 Å². The number of hydrogen-bond acceptors (Lipinski definition) is 3. The molecule has 1 heterocycles. The van der Waals surface area contributed by atoms with Gasteiger partial charge in [-0.05, 0) is 25.1 Å². The lowest BCUT2D eigenvalue weighted by Crippen LogP contribution is -2.23. The standard InChI is InChI=1S/C11H11F2NO2/c12-8-1-2-9(13)10(5-8)16-11(15)7-3-4-14-6-7/h1-2,5,7,14H,3-4,6H2. The highest BCUT2D eigenvalue weighted by Crippen LogP contribution is 2.20. The number of esters is 1. The second-order valence-electron chi connectivity index (χ2n) is 3.69. The summed E-state index contributed by atoms with van der Waals surface area (Å²) >= 11 is 0. The molecular formula is C11H11F2NO2. The van der Waals surface area contributed by atoms with Crippen molar-refractivity contribution in [2.45, 2.75) is 6.42 Å². The fourth-order valence-electron chi connectivity index (χ4n) is 1.60. The first-order valence-electron chi connectivity index (χ1n) is 5.04. The molecule has 1 saturated heterocycles. The minimum absolute atomic E-state index is 0.275. The molecule has 5 heteroatoms. The van der Waals surface area contributed by atoms with Crippen molar-refractivity contribution in [2.75, 3.05) is 13.1 Å². The van der Waals surface area contributed by atoms with E-state index >= 15 is 0 Å². The summed E-state index contributed by atoms with van der Waals surface area (Å²) in [4.78, 5) is 11.5. The molecule has 0 saturated carbocycles. The summed E-state index contributed by atoms with van der Waals surface area (Å²) < 4.78 is 30.8. The van der Waals surface area contributed by atoms with E-state index in [9.17, 15) is 13.6 Å². The molecule has 0 aromatic heterocycles. The Kier molecular flexibility index (Phi) is 3.14. The quantitative estimate of drug-likeness (QED) is 0.614. The van der Waals surface area contributed by atoms with Crippen molar-refractivity contribution in [3.63, 3.8) is 0 Å². The summed E-state index contributed by atoms with van der Waals surface area (Å²) in [6, 6.07) is 2.78. The average Bonchev–Trinajstić information content (AvgIpc) is 2.76. The Balaban J connectivity index is 2.07. The van der Waals surface area contributed by atoms with Crippen molar-refractivity contribution in [3.05, 3.63) is 29.8 Å². The van der Waals surface area contributed by atoms with E-state index in [4.69, 9.17) is 4.74 Å². The first kappa shape index (κ1) is 11.0. The highest BCUT2D eigenvalue weighted by molar-refractivity contribution is 5.75. The Hall–Kier alpha value is -1.49. The maximum atomic E-state index is 13.2. The van der Waals surface area contributed by atoms with Crippen molar-refractivity contribution in [1.82, 2.24) is 5.32 Å². The van der Waals surface area contributed by atoms with Crippen molar-refractivity contribution < 1.29 is 18.3 Å². The fourth-order valence-corrected chi connectivity index (χ4v) is 1.60. The predicted octanol–water partition coefficient (Wildman–Crippen LogP) is 1.48. The molecule has 3 nitrogen and oxygen atoms in total. The van der Waals surface area contributed by atoms with Crippen LogP contribution in [-0.2, 0) is 4.79 Å². The molecule has 0 radical (unpaired) electrons. The minimum atomic E-state index is -0.735. The zero-order valence-corrected chi connectivity index (χ0v) is 8.50. The maximum absolute atomic E-state index is 13.2. The van der Waals surface area contributed by atoms with Crippen molar-refractivity contribution in [1.29, 1.82) is 0 Å². The monoisotopic (exact) mass is 227 g/mol. The molecule has 1 fully saturated rings. The first-order valence-corrected chi connectivity index (χ1v) is 5.04. The van der Waals surface area contributed by atoms with E-state index in [-0.39, 0.29) is 11.7 Å². The van der Waals surface area contributed by atoms with Crippen LogP contribution in [0.1, 0.15) is 6.42 Å². The van der Waals surface area contributed by atoms with Crippen LogP contribution < -0.4 is 10.1 Å². The molecule has 1 unspecified atom stereocenters. The van der Waals surface area contributed by atoms with Gasteiger partial charge in [0.2, 0.25) is 0 Å². The highest BCUT2D eigenvalue weighted by atomic mass is 19.1. The van der Waals surface area contributed by atoms with E-state index in [1.807, 2.05) is 0 Å². The maximum Gasteiger partial charge on any atom is 0.315 e. The molecule has 0 spiro atoms. The number of halogens is 2. The molecule has 1 aromatic rings. The van der Waals surface area contributed by atoms with Gasteiger partial charge in [-0.3, -0.25) is 4.79 Å². The first-order chi connectivity index (χ1) is 7.66. The van der Waals surface area contributed by atoms with Crippen molar-refractivity contribution in [3.8, 4) is 5.75 Å². The topological polar surface area (TPSA) is 38.3 Å². The summed E-state index contributed by atoms with van der Waals surface area (Å²) in [5, 5.41) is 3.00. The van der Waals surface area contributed by atoms with Gasteiger partial charge in [-0.2, -0.15) is 0 Å². The van der Waals surface area contributed by atoms with Crippen LogP contribution in [0.5, 0.6) is 5.75 Å². The third kappa shape index (κ3) is 2.36. The smallest absolute Gasteiger partial charge is 0.315 e. The lowest BCUT2D eigenvalue weighted by molar-refractivity contribution is -0.138. The summed E-state index contributed by atoms with van der Waals surface area (Å²) in [5.74, 6) is -2.51. The van der Waals surface area contributed by atoms with Crippen LogP contribution in [0.25, 0.3) is 0 Å². The van der Waals surface area contributed by atoms with Gasteiger partial charge >= 0.3 is 5.97 Å². The second kappa shape index (κ2) is 4.57. The Bertz CT molecular complexity index is 403. The molecule has 1 aliphatic heterocycles. The molecule has 86 valence electrons. The number of ether oxygens (including phenoxy) is 1. The molecule has 0 aliphatic carbocycles. The summed E-state index contributed by atoms with van der Waals surface area (Å²) in [6.45, 7) is 1.27. The van der Waals surface area contributed by atoms with Crippen LogP contribution in [0.3, 0.4) is 0 Å². The predicted molar refractivity (Wildman–Crippen MR) is 53.0 cm³/mol. The van der Waals surface area contributed by atoms with Crippen LogP contribution in [0.4, 0.5) is 8.78 Å². The van der Waals surface area contributed by atoms with Crippen LogP contribution in [0.2, 0.25) is 0 Å². The summed E-state index contributed by atoms with van der Waals surface area (Å²) in [5.41, 5.74) is 0. The number of rotatable bonds is 2. The van der Waals surface area contributed by atoms with Crippen molar-refractivity contribution >= 4 is 5.97 Å². The minimum Gasteiger partial charge on any atom is -0.423 e. The van der Waals surface area contributed by atoms with E-state index in [2.05, 4.69) is 5.32 Å². The summed E-state index contributed by atoms with van der Waals surface area (Å²) in [7, 11) is 0. The zero-order chi connectivity index (χ0) is 11.5. The molecule has 16 heavy (non-hydrogen) atoms. The third-order valence-corrected chi connectivity index (χ3v) is 2.50. The number of benzene rings is 1. The van der Waals surface area contributed by atoms with E-state index in [0.717, 1.165) is 24.7 Å². The molecule has 1 N–H and O–H groups in total. The molecule has 0 bridgehead atoms. The summed E-state index contributed by atoms with van der Waals surface area (Å²) in [6.07, 6.45) is 0.662. The number of carbonyl (C=O) groups excluding carboxylic acids is 1. The molecule has 2 rings (SSSR count). The Morgan fingerprint density at radius 2 is 2.25 bits per heavy atom. The van der Waals surface area contributed by atoms with Crippen molar-refractivity contribution in [2.24, 2.45) is 5.92 Å². The number of hydrogen-bond donors (Lipinski definition) is 1. The van der Waals surface area contributed by atoms with Gasteiger partial charge in [-0.1, -0.05) is 0 Å². The number of carbonyl (C=O) groups is 1. The SMILES string of the molecule is O=C(Oc1cc(F)ccc1F)C1CCNC1. The third-order valence-electron chi connectivity index (χ3n) is 2.50. The molecule has 1 aromatic carbocycles. The van der Waals surface area contributed by atoms with E-state index < -0.39 is 17.6 Å². The molecule has 0 amide bonds. The van der Waals surface area contributed by atoms with Crippen LogP contribution in [0, 0.1) is 17.6 Å². The van der Waals surface area contributed by atoms with Gasteiger partial charge in [0.25, 0.3) is 0 Å². The average molecular weight is 227 g/mol. The Morgan fingerprint density at radius 1 is 1.44 bits per heavy atom. The van der Waals surface area contributed by atoms with E-state index in [0.29, 0.717) is 13.0 Å². The lowest BCUT2D eigenvalue weighted by Gasteiger charge is -2.09. The van der Waals surface area contributed by atoms with Gasteiger partial charge in [-0.25, -0.2) is 8.78 Å². The number of nitrogens with one attached hydrogen (secondary N) is 1.